The van der Waals surface area contributed by atoms with Crippen molar-refractivity contribution < 1.29 is 19.0 Å². The molecule has 1 amide bonds. The Balaban J connectivity index is 1.70. The van der Waals surface area contributed by atoms with Gasteiger partial charge < -0.3 is 24.6 Å². The average Bonchev–Trinajstić information content (AvgIpc) is 3.11. The molecule has 3 aromatic rings. The van der Waals surface area contributed by atoms with Crippen LogP contribution in [0.1, 0.15) is 27.2 Å². The Kier molecular flexibility index (Phi) is 8.51. The molecule has 36 heavy (non-hydrogen) atoms. The number of nitrogens with zero attached hydrogens (tertiary/aromatic N) is 3. The molecule has 7 nitrogen and oxygen atoms in total. The molecule has 1 aliphatic rings. The molecule has 0 bridgehead atoms. The monoisotopic (exact) mass is 516 g/mol. The third kappa shape index (κ3) is 5.52. The molecule has 2 N–H and O–H groups in total. The van der Waals surface area contributed by atoms with E-state index in [4.69, 9.17) is 16.3 Å². The normalized spacial score (nSPS) is 14.6. The fourth-order valence-corrected chi connectivity index (χ4v) is 5.08. The summed E-state index contributed by atoms with van der Waals surface area (Å²) in [5, 5.41) is 14.0. The summed E-state index contributed by atoms with van der Waals surface area (Å²) in [6.07, 6.45) is 0. The quantitative estimate of drug-likeness (QED) is 0.449. The van der Waals surface area contributed by atoms with E-state index in [1.807, 2.05) is 17.0 Å². The van der Waals surface area contributed by atoms with E-state index in [-0.39, 0.29) is 18.3 Å². The molecular weight excluding hydrogens is 483 g/mol. The summed E-state index contributed by atoms with van der Waals surface area (Å²) in [5.41, 5.74) is 5.45. The Morgan fingerprint density at radius 2 is 1.89 bits per heavy atom. The van der Waals surface area contributed by atoms with Crippen LogP contribution in [0, 0.1) is 19.7 Å². The fraction of sp³-hybridized carbons (Fsp3) is 0.444. The van der Waals surface area contributed by atoms with Crippen LogP contribution >= 0.6 is 11.6 Å². The molecule has 1 aromatic heterocycles. The number of nitrogens with one attached hydrogen (secondary N) is 1. The van der Waals surface area contributed by atoms with Gasteiger partial charge in [-0.05, 0) is 49.2 Å². The number of aliphatic hydroxyl groups excluding tert-OH is 1. The number of benzene rings is 2. The van der Waals surface area contributed by atoms with E-state index in [0.29, 0.717) is 49.9 Å². The summed E-state index contributed by atoms with van der Waals surface area (Å²) >= 11 is 6.28. The van der Waals surface area contributed by atoms with Crippen LogP contribution in [0.2, 0.25) is 5.02 Å². The minimum absolute atomic E-state index is 0.00916. The van der Waals surface area contributed by atoms with Gasteiger partial charge in [-0.2, -0.15) is 0 Å². The van der Waals surface area contributed by atoms with Crippen molar-refractivity contribution >= 4 is 34.1 Å². The number of carbonyl (C=O) groups excluding carboxylic acids is 1. The Morgan fingerprint density at radius 3 is 2.56 bits per heavy atom. The first-order valence-electron chi connectivity index (χ1n) is 12.3. The zero-order valence-electron chi connectivity index (χ0n) is 21.1. The second kappa shape index (κ2) is 11.6. The number of carbonyl (C=O) groups is 1. The van der Waals surface area contributed by atoms with Crippen molar-refractivity contribution in [3.05, 3.63) is 63.6 Å². The lowest BCUT2D eigenvalue weighted by atomic mass is 10.1. The van der Waals surface area contributed by atoms with Crippen LogP contribution in [0.15, 0.2) is 30.3 Å². The van der Waals surface area contributed by atoms with E-state index in [2.05, 4.69) is 28.6 Å². The van der Waals surface area contributed by atoms with Crippen LogP contribution in [0.25, 0.3) is 10.9 Å². The number of hydrogen-bond donors (Lipinski definition) is 2. The van der Waals surface area contributed by atoms with Crippen LogP contribution < -0.4 is 5.32 Å². The number of rotatable bonds is 9. The van der Waals surface area contributed by atoms with Gasteiger partial charge in [0.25, 0.3) is 5.91 Å². The summed E-state index contributed by atoms with van der Waals surface area (Å²) in [4.78, 5) is 17.6. The molecule has 0 atom stereocenters. The van der Waals surface area contributed by atoms with E-state index in [1.54, 1.807) is 13.2 Å². The van der Waals surface area contributed by atoms with Crippen LogP contribution in [0.5, 0.6) is 0 Å². The highest BCUT2D eigenvalue weighted by Crippen LogP contribution is 2.34. The summed E-state index contributed by atoms with van der Waals surface area (Å²) in [6, 6.07) is 8.26. The Hall–Kier alpha value is -2.65. The molecule has 0 saturated carbocycles. The average molecular weight is 517 g/mol. The molecule has 2 aromatic carbocycles. The number of fused-ring (bicyclic) bond motifs is 1. The Bertz CT molecular complexity index is 1240. The highest BCUT2D eigenvalue weighted by atomic mass is 35.5. The van der Waals surface area contributed by atoms with Crippen molar-refractivity contribution in [2.24, 2.45) is 0 Å². The minimum Gasteiger partial charge on any atom is -0.395 e. The number of hydrogen-bond acceptors (Lipinski definition) is 5. The van der Waals surface area contributed by atoms with Gasteiger partial charge in [-0.1, -0.05) is 17.7 Å². The van der Waals surface area contributed by atoms with Crippen molar-refractivity contribution in [1.29, 1.82) is 0 Å². The number of β-amino-alcohol motifs (C(OH)–C–C–N with tert-alkyl or cyclic N) is 1. The first kappa shape index (κ1) is 26.4. The number of aryl methyl sites for hydroxylation is 1. The highest BCUT2D eigenvalue weighted by molar-refractivity contribution is 6.31. The molecule has 0 unspecified atom stereocenters. The molecule has 0 spiro atoms. The predicted octanol–water partition coefficient (Wildman–Crippen LogP) is 4.06. The lowest BCUT2D eigenvalue weighted by Gasteiger charge is -2.34. The maximum atomic E-state index is 13.5. The fourth-order valence-electron chi connectivity index (χ4n) is 4.85. The van der Waals surface area contributed by atoms with Crippen LogP contribution in [-0.2, 0) is 17.8 Å². The molecule has 4 rings (SSSR count). The van der Waals surface area contributed by atoms with Gasteiger partial charge in [0.2, 0.25) is 0 Å². The number of amides is 1. The van der Waals surface area contributed by atoms with E-state index in [9.17, 15) is 14.3 Å². The van der Waals surface area contributed by atoms with Crippen LogP contribution in [-0.4, -0.2) is 78.4 Å². The third-order valence-electron chi connectivity index (χ3n) is 7.06. The molecule has 0 aliphatic carbocycles. The van der Waals surface area contributed by atoms with Crippen molar-refractivity contribution in [2.75, 3.05) is 58.4 Å². The second-order valence-electron chi connectivity index (χ2n) is 9.22. The number of aliphatic hydroxyl groups is 1. The topological polar surface area (TPSA) is 70.0 Å². The van der Waals surface area contributed by atoms with Crippen LogP contribution in [0.4, 0.5) is 10.1 Å². The largest absolute Gasteiger partial charge is 0.395 e. The Morgan fingerprint density at radius 1 is 1.14 bits per heavy atom. The maximum Gasteiger partial charge on any atom is 0.254 e. The van der Waals surface area contributed by atoms with Gasteiger partial charge in [0.05, 0.1) is 24.4 Å². The summed E-state index contributed by atoms with van der Waals surface area (Å²) in [5.74, 6) is -0.386. The summed E-state index contributed by atoms with van der Waals surface area (Å²) < 4.78 is 21.1. The van der Waals surface area contributed by atoms with Crippen molar-refractivity contribution in [2.45, 2.75) is 26.9 Å². The van der Waals surface area contributed by atoms with E-state index in [0.717, 1.165) is 46.5 Å². The number of ether oxygens (including phenoxy) is 1. The van der Waals surface area contributed by atoms with Gasteiger partial charge in [0.15, 0.2) is 0 Å². The number of piperazine rings is 1. The van der Waals surface area contributed by atoms with Gasteiger partial charge >= 0.3 is 0 Å². The summed E-state index contributed by atoms with van der Waals surface area (Å²) in [6.45, 7) is 9.26. The zero-order valence-corrected chi connectivity index (χ0v) is 21.9. The molecule has 1 aliphatic heterocycles. The molecule has 0 radical (unpaired) electrons. The standard InChI is InChI=1S/C27H34ClFN4O3/c1-18-19(2)33(11-13-36-3)26-23(18)14-21(27(35)32-8-6-31(7-9-32)10-12-34)15-25(26)30-17-20-4-5-22(29)16-24(20)28/h4-5,14-16,30,34H,6-13,17H2,1-3H3. The zero-order chi connectivity index (χ0) is 25.8. The van der Waals surface area contributed by atoms with Gasteiger partial charge in [0.1, 0.15) is 5.82 Å². The smallest absolute Gasteiger partial charge is 0.254 e. The minimum atomic E-state index is -0.377. The lowest BCUT2D eigenvalue weighted by Crippen LogP contribution is -2.49. The third-order valence-corrected chi connectivity index (χ3v) is 7.41. The maximum absolute atomic E-state index is 13.5. The Labute approximate surface area is 216 Å². The van der Waals surface area contributed by atoms with E-state index < -0.39 is 0 Å². The summed E-state index contributed by atoms with van der Waals surface area (Å²) in [7, 11) is 1.68. The first-order valence-corrected chi connectivity index (χ1v) is 12.6. The SMILES string of the molecule is COCCn1c(C)c(C)c2cc(C(=O)N3CCN(CCO)CC3)cc(NCc3ccc(F)cc3Cl)c21. The number of aromatic nitrogens is 1. The van der Waals surface area contributed by atoms with E-state index >= 15 is 0 Å². The highest BCUT2D eigenvalue weighted by Gasteiger charge is 2.24. The van der Waals surface area contributed by atoms with Crippen LogP contribution in [0.3, 0.4) is 0 Å². The number of methoxy groups -OCH3 is 1. The molecule has 1 fully saturated rings. The molecular formula is C27H34ClFN4O3. The van der Waals surface area contributed by atoms with Crippen molar-refractivity contribution in [3.63, 3.8) is 0 Å². The number of anilines is 1. The molecule has 2 heterocycles. The van der Waals surface area contributed by atoms with Crippen molar-refractivity contribution in [1.82, 2.24) is 14.4 Å². The lowest BCUT2D eigenvalue weighted by molar-refractivity contribution is 0.0615. The van der Waals surface area contributed by atoms with Crippen molar-refractivity contribution in [3.8, 4) is 0 Å². The van der Waals surface area contributed by atoms with Gasteiger partial charge in [-0.25, -0.2) is 4.39 Å². The molecule has 9 heteroatoms. The van der Waals surface area contributed by atoms with Gasteiger partial charge in [-0.15, -0.1) is 0 Å². The van der Waals surface area contributed by atoms with E-state index in [1.165, 1.54) is 12.1 Å². The van der Waals surface area contributed by atoms with Gasteiger partial charge in [-0.3, -0.25) is 9.69 Å². The first-order chi connectivity index (χ1) is 17.3. The van der Waals surface area contributed by atoms with Gasteiger partial charge in [0, 0.05) is 74.6 Å². The second-order valence-corrected chi connectivity index (χ2v) is 9.63. The molecule has 1 saturated heterocycles. The predicted molar refractivity (Wildman–Crippen MR) is 141 cm³/mol. The molecule has 194 valence electrons. The number of halogens is 2.